The lowest BCUT2D eigenvalue weighted by Gasteiger charge is -2.34. The van der Waals surface area contributed by atoms with Crippen LogP contribution < -0.4 is 10.2 Å². The Morgan fingerprint density at radius 1 is 1.16 bits per heavy atom. The van der Waals surface area contributed by atoms with Crippen molar-refractivity contribution in [2.75, 3.05) is 44.2 Å². The molecular weight excluding hydrogens is 414 g/mol. The highest BCUT2D eigenvalue weighted by Gasteiger charge is 2.20. The number of nitro benzene ring substituents is 1. The Labute approximate surface area is 184 Å². The van der Waals surface area contributed by atoms with E-state index in [1.54, 1.807) is 12.1 Å². The number of nitro groups is 1. The molecule has 162 valence electrons. The standard InChI is InChI=1S/C22H25N5O3S/c1-15-3-5-18(16(2)13-15)21(28)23-7-8-25-9-11-26(12-10-25)22-24-19-6-4-17(27(29)30)14-20(19)31-22/h3-6,13-14H,7-12H2,1-2H3,(H,23,28). The number of fused-ring (bicyclic) bond motifs is 1. The minimum absolute atomic E-state index is 0.0281. The number of non-ortho nitro benzene ring substituents is 1. The number of nitrogens with one attached hydrogen (secondary N) is 1. The van der Waals surface area contributed by atoms with Crippen LogP contribution in [0, 0.1) is 24.0 Å². The fourth-order valence-electron chi connectivity index (χ4n) is 3.80. The number of anilines is 1. The number of benzene rings is 2. The lowest BCUT2D eigenvalue weighted by atomic mass is 10.1. The Kier molecular flexibility index (Phi) is 6.15. The minimum Gasteiger partial charge on any atom is -0.351 e. The van der Waals surface area contributed by atoms with Gasteiger partial charge in [0.15, 0.2) is 5.13 Å². The molecule has 0 saturated carbocycles. The van der Waals surface area contributed by atoms with Crippen LogP contribution in [0.4, 0.5) is 10.8 Å². The van der Waals surface area contributed by atoms with Gasteiger partial charge in [-0.25, -0.2) is 4.98 Å². The molecule has 0 unspecified atom stereocenters. The van der Waals surface area contributed by atoms with Crippen molar-refractivity contribution < 1.29 is 9.72 Å². The second-order valence-electron chi connectivity index (χ2n) is 7.81. The molecule has 0 aliphatic carbocycles. The van der Waals surface area contributed by atoms with Gasteiger partial charge in [0.25, 0.3) is 11.6 Å². The minimum atomic E-state index is -0.378. The van der Waals surface area contributed by atoms with E-state index < -0.39 is 0 Å². The third kappa shape index (κ3) is 4.83. The van der Waals surface area contributed by atoms with Crippen molar-refractivity contribution in [2.45, 2.75) is 13.8 Å². The summed E-state index contributed by atoms with van der Waals surface area (Å²) in [4.78, 5) is 32.2. The SMILES string of the molecule is Cc1ccc(C(=O)NCCN2CCN(c3nc4ccc([N+](=O)[O-])cc4s3)CC2)c(C)c1. The van der Waals surface area contributed by atoms with Crippen molar-refractivity contribution in [1.82, 2.24) is 15.2 Å². The number of carbonyl (C=O) groups is 1. The van der Waals surface area contributed by atoms with E-state index in [9.17, 15) is 14.9 Å². The molecule has 0 bridgehead atoms. The highest BCUT2D eigenvalue weighted by atomic mass is 32.1. The first kappa shape index (κ1) is 21.2. The highest BCUT2D eigenvalue weighted by Crippen LogP contribution is 2.31. The molecule has 0 spiro atoms. The molecule has 4 rings (SSSR count). The van der Waals surface area contributed by atoms with Crippen molar-refractivity contribution in [1.29, 1.82) is 0 Å². The molecule has 1 aliphatic rings. The molecule has 8 nitrogen and oxygen atoms in total. The normalized spacial score (nSPS) is 14.7. The lowest BCUT2D eigenvalue weighted by molar-refractivity contribution is -0.384. The third-order valence-corrected chi connectivity index (χ3v) is 6.63. The molecule has 0 atom stereocenters. The Bertz CT molecular complexity index is 1120. The summed E-state index contributed by atoms with van der Waals surface area (Å²) in [6.07, 6.45) is 0. The summed E-state index contributed by atoms with van der Waals surface area (Å²) in [5.41, 5.74) is 3.76. The Balaban J connectivity index is 1.27. The molecule has 3 aromatic rings. The van der Waals surface area contributed by atoms with Crippen LogP contribution in [0.1, 0.15) is 21.5 Å². The Morgan fingerprint density at radius 2 is 1.94 bits per heavy atom. The number of piperazine rings is 1. The predicted molar refractivity (Wildman–Crippen MR) is 123 cm³/mol. The van der Waals surface area contributed by atoms with E-state index in [1.807, 2.05) is 32.0 Å². The summed E-state index contributed by atoms with van der Waals surface area (Å²) in [6, 6.07) is 10.7. The lowest BCUT2D eigenvalue weighted by Crippen LogP contribution is -2.48. The molecule has 9 heteroatoms. The first-order valence-corrected chi connectivity index (χ1v) is 11.1. The second-order valence-corrected chi connectivity index (χ2v) is 8.82. The monoisotopic (exact) mass is 439 g/mol. The van der Waals surface area contributed by atoms with Gasteiger partial charge in [-0.15, -0.1) is 0 Å². The van der Waals surface area contributed by atoms with Crippen LogP contribution in [0.15, 0.2) is 36.4 Å². The van der Waals surface area contributed by atoms with Crippen molar-refractivity contribution in [2.24, 2.45) is 0 Å². The number of rotatable bonds is 6. The number of carbonyl (C=O) groups excluding carboxylic acids is 1. The van der Waals surface area contributed by atoms with Gasteiger partial charge in [0.1, 0.15) is 0 Å². The maximum Gasteiger partial charge on any atom is 0.270 e. The summed E-state index contributed by atoms with van der Waals surface area (Å²) in [7, 11) is 0. The van der Waals surface area contributed by atoms with Gasteiger partial charge in [0.2, 0.25) is 0 Å². The zero-order valence-electron chi connectivity index (χ0n) is 17.6. The molecule has 0 radical (unpaired) electrons. The predicted octanol–water partition coefficient (Wildman–Crippen LogP) is 3.37. The number of aryl methyl sites for hydroxylation is 2. The largest absolute Gasteiger partial charge is 0.351 e. The van der Waals surface area contributed by atoms with E-state index in [0.717, 1.165) is 64.8 Å². The average Bonchev–Trinajstić information content (AvgIpc) is 3.17. The number of aromatic nitrogens is 1. The van der Waals surface area contributed by atoms with Gasteiger partial charge in [-0.2, -0.15) is 0 Å². The van der Waals surface area contributed by atoms with E-state index in [0.29, 0.717) is 6.54 Å². The van der Waals surface area contributed by atoms with Crippen molar-refractivity contribution in [3.05, 3.63) is 63.2 Å². The maximum atomic E-state index is 12.4. The van der Waals surface area contributed by atoms with Crippen molar-refractivity contribution >= 4 is 38.3 Å². The summed E-state index contributed by atoms with van der Waals surface area (Å²) in [5, 5.41) is 14.9. The number of hydrogen-bond donors (Lipinski definition) is 1. The van der Waals surface area contributed by atoms with Gasteiger partial charge in [-0.1, -0.05) is 29.0 Å². The van der Waals surface area contributed by atoms with Gasteiger partial charge in [-0.05, 0) is 31.5 Å². The van der Waals surface area contributed by atoms with Gasteiger partial charge in [0, 0.05) is 57.0 Å². The molecule has 1 aromatic heterocycles. The van der Waals surface area contributed by atoms with E-state index in [1.165, 1.54) is 17.4 Å². The number of nitrogens with zero attached hydrogens (tertiary/aromatic N) is 4. The fraction of sp³-hybridized carbons (Fsp3) is 0.364. The van der Waals surface area contributed by atoms with Crippen LogP contribution in [-0.2, 0) is 0 Å². The van der Waals surface area contributed by atoms with Crippen molar-refractivity contribution in [3.8, 4) is 0 Å². The molecule has 1 N–H and O–H groups in total. The van der Waals surface area contributed by atoms with Crippen LogP contribution in [-0.4, -0.2) is 60.0 Å². The van der Waals surface area contributed by atoms with E-state index in [-0.39, 0.29) is 16.5 Å². The summed E-state index contributed by atoms with van der Waals surface area (Å²) < 4.78 is 0.834. The van der Waals surface area contributed by atoms with E-state index in [4.69, 9.17) is 0 Å². The van der Waals surface area contributed by atoms with Gasteiger partial charge in [0.05, 0.1) is 15.1 Å². The van der Waals surface area contributed by atoms with E-state index in [2.05, 4.69) is 20.1 Å². The maximum absolute atomic E-state index is 12.4. The Hall–Kier alpha value is -3.04. The first-order chi connectivity index (χ1) is 14.9. The number of thiazole rings is 1. The van der Waals surface area contributed by atoms with Gasteiger partial charge >= 0.3 is 0 Å². The van der Waals surface area contributed by atoms with Crippen LogP contribution in [0.2, 0.25) is 0 Å². The zero-order valence-corrected chi connectivity index (χ0v) is 18.4. The molecule has 2 heterocycles. The second kappa shape index (κ2) is 8.99. The first-order valence-electron chi connectivity index (χ1n) is 10.3. The molecule has 1 saturated heterocycles. The molecule has 1 fully saturated rings. The molecular formula is C22H25N5O3S. The molecule has 1 amide bonds. The Morgan fingerprint density at radius 3 is 2.65 bits per heavy atom. The number of hydrogen-bond acceptors (Lipinski definition) is 7. The molecule has 31 heavy (non-hydrogen) atoms. The zero-order chi connectivity index (χ0) is 22.0. The third-order valence-electron chi connectivity index (χ3n) is 5.55. The average molecular weight is 440 g/mol. The molecule has 2 aromatic carbocycles. The van der Waals surface area contributed by atoms with Crippen LogP contribution >= 0.6 is 11.3 Å². The van der Waals surface area contributed by atoms with E-state index >= 15 is 0 Å². The van der Waals surface area contributed by atoms with Crippen LogP contribution in [0.5, 0.6) is 0 Å². The number of amides is 1. The quantitative estimate of drug-likeness (QED) is 0.468. The van der Waals surface area contributed by atoms with Gasteiger partial charge < -0.3 is 10.2 Å². The van der Waals surface area contributed by atoms with Crippen LogP contribution in [0.3, 0.4) is 0 Å². The van der Waals surface area contributed by atoms with Crippen molar-refractivity contribution in [3.63, 3.8) is 0 Å². The van der Waals surface area contributed by atoms with Crippen LogP contribution in [0.25, 0.3) is 10.2 Å². The van der Waals surface area contributed by atoms with Gasteiger partial charge in [-0.3, -0.25) is 19.8 Å². The highest BCUT2D eigenvalue weighted by molar-refractivity contribution is 7.22. The smallest absolute Gasteiger partial charge is 0.270 e. The molecule has 1 aliphatic heterocycles. The summed E-state index contributed by atoms with van der Waals surface area (Å²) in [6.45, 7) is 8.84. The summed E-state index contributed by atoms with van der Waals surface area (Å²) in [5.74, 6) is -0.0281. The summed E-state index contributed by atoms with van der Waals surface area (Å²) >= 11 is 1.49. The topological polar surface area (TPSA) is 91.6 Å². The fourth-order valence-corrected chi connectivity index (χ4v) is 4.85.